The Balaban J connectivity index is 4.49. The molecule has 0 aromatic rings. The molecule has 0 N–H and O–H groups in total. The summed E-state index contributed by atoms with van der Waals surface area (Å²) in [6.45, 7) is 17.8. The van der Waals surface area contributed by atoms with Gasteiger partial charge in [-0.25, -0.2) is 4.79 Å². The highest BCUT2D eigenvalue weighted by Crippen LogP contribution is 2.36. The molecule has 0 saturated carbocycles. The highest BCUT2D eigenvalue weighted by molar-refractivity contribution is 6.74. The Kier molecular flexibility index (Phi) is 8.64. The fraction of sp³-hybridized carbons (Fsp3) is 0.611. The third-order valence-corrected chi connectivity index (χ3v) is 8.46. The number of hydrogen-bond donors (Lipinski definition) is 0. The van der Waals surface area contributed by atoms with Crippen molar-refractivity contribution in [3.63, 3.8) is 0 Å². The Bertz CT molecular complexity index is 451. The molecule has 0 bridgehead atoms. The monoisotopic (exact) mass is 324 g/mol. The average Bonchev–Trinajstić information content (AvgIpc) is 2.37. The van der Waals surface area contributed by atoms with Gasteiger partial charge in [0.15, 0.2) is 8.32 Å². The van der Waals surface area contributed by atoms with Crippen molar-refractivity contribution in [2.75, 3.05) is 13.2 Å². The van der Waals surface area contributed by atoms with Crippen molar-refractivity contribution in [1.29, 1.82) is 0 Å². The van der Waals surface area contributed by atoms with Gasteiger partial charge in [0.2, 0.25) is 0 Å². The van der Waals surface area contributed by atoms with E-state index in [9.17, 15) is 4.79 Å². The molecule has 0 atom stereocenters. The summed E-state index contributed by atoms with van der Waals surface area (Å²) >= 11 is 0. The van der Waals surface area contributed by atoms with Crippen LogP contribution in [0.5, 0.6) is 0 Å². The number of carbonyl (C=O) groups is 1. The SMILES string of the molecule is CCOC(=O)/C(C)=C/C=C/C(C)=C\CO[Si](C)(C)C(C)(C)C. The van der Waals surface area contributed by atoms with Gasteiger partial charge in [-0.1, -0.05) is 50.6 Å². The van der Waals surface area contributed by atoms with Gasteiger partial charge in [0.1, 0.15) is 0 Å². The third kappa shape index (κ3) is 7.76. The van der Waals surface area contributed by atoms with E-state index in [2.05, 4.69) is 39.9 Å². The molecule has 0 amide bonds. The Morgan fingerprint density at radius 1 is 1.18 bits per heavy atom. The van der Waals surface area contributed by atoms with Crippen molar-refractivity contribution < 1.29 is 14.0 Å². The first kappa shape index (κ1) is 20.9. The second-order valence-electron chi connectivity index (χ2n) is 6.95. The smallest absolute Gasteiger partial charge is 0.333 e. The zero-order valence-corrected chi connectivity index (χ0v) is 16.4. The second kappa shape index (κ2) is 9.11. The van der Waals surface area contributed by atoms with E-state index in [4.69, 9.17) is 9.16 Å². The first-order chi connectivity index (χ1) is 10.0. The Labute approximate surface area is 137 Å². The maximum atomic E-state index is 11.4. The fourth-order valence-corrected chi connectivity index (χ4v) is 2.26. The summed E-state index contributed by atoms with van der Waals surface area (Å²) in [7, 11) is -1.69. The molecule has 22 heavy (non-hydrogen) atoms. The van der Waals surface area contributed by atoms with Crippen molar-refractivity contribution in [3.8, 4) is 0 Å². The topological polar surface area (TPSA) is 35.5 Å². The van der Waals surface area contributed by atoms with Crippen molar-refractivity contribution in [3.05, 3.63) is 35.5 Å². The highest BCUT2D eigenvalue weighted by atomic mass is 28.4. The zero-order valence-electron chi connectivity index (χ0n) is 15.4. The second-order valence-corrected chi connectivity index (χ2v) is 11.8. The number of allylic oxidation sites excluding steroid dienone is 4. The van der Waals surface area contributed by atoms with Crippen LogP contribution in [0.2, 0.25) is 18.1 Å². The highest BCUT2D eigenvalue weighted by Gasteiger charge is 2.36. The Hall–Kier alpha value is -1.13. The molecule has 0 aromatic heterocycles. The molecule has 4 heteroatoms. The van der Waals surface area contributed by atoms with Crippen LogP contribution in [0.15, 0.2) is 35.5 Å². The summed E-state index contributed by atoms with van der Waals surface area (Å²) in [4.78, 5) is 11.4. The van der Waals surface area contributed by atoms with Gasteiger partial charge < -0.3 is 9.16 Å². The van der Waals surface area contributed by atoms with Crippen molar-refractivity contribution >= 4 is 14.3 Å². The van der Waals surface area contributed by atoms with Crippen LogP contribution in [0, 0.1) is 0 Å². The molecule has 0 unspecified atom stereocenters. The molecule has 0 heterocycles. The lowest BCUT2D eigenvalue weighted by Crippen LogP contribution is -2.40. The molecule has 0 rings (SSSR count). The molecule has 3 nitrogen and oxygen atoms in total. The van der Waals surface area contributed by atoms with Crippen molar-refractivity contribution in [1.82, 2.24) is 0 Å². The summed E-state index contributed by atoms with van der Waals surface area (Å²) in [5.74, 6) is -0.268. The molecular formula is C18H32O3Si. The molecule has 0 fully saturated rings. The van der Waals surface area contributed by atoms with Crippen LogP contribution in [-0.4, -0.2) is 27.5 Å². The predicted molar refractivity (Wildman–Crippen MR) is 96.4 cm³/mol. The van der Waals surface area contributed by atoms with E-state index in [1.165, 1.54) is 0 Å². The average molecular weight is 325 g/mol. The molecule has 0 saturated heterocycles. The number of ether oxygens (including phenoxy) is 1. The zero-order chi connectivity index (χ0) is 17.4. The normalized spacial score (nSPS) is 14.5. The van der Waals surface area contributed by atoms with Crippen LogP contribution in [0.1, 0.15) is 41.5 Å². The number of esters is 1. The maximum absolute atomic E-state index is 11.4. The first-order valence-electron chi connectivity index (χ1n) is 7.84. The quantitative estimate of drug-likeness (QED) is 0.285. The van der Waals surface area contributed by atoms with Crippen LogP contribution in [0.4, 0.5) is 0 Å². The third-order valence-electron chi connectivity index (χ3n) is 3.96. The summed E-state index contributed by atoms with van der Waals surface area (Å²) < 4.78 is 11.0. The van der Waals surface area contributed by atoms with Crippen LogP contribution < -0.4 is 0 Å². The standard InChI is InChI=1S/C18H32O3Si/c1-9-20-17(19)16(3)12-10-11-15(2)13-14-21-22(7,8)18(4,5)6/h10-13H,9,14H2,1-8H3/b11-10+,15-13-,16-12+. The molecule has 0 aromatic carbocycles. The van der Waals surface area contributed by atoms with E-state index in [-0.39, 0.29) is 11.0 Å². The molecule has 0 spiro atoms. The van der Waals surface area contributed by atoms with Gasteiger partial charge >= 0.3 is 5.97 Å². The van der Waals surface area contributed by atoms with Gasteiger partial charge in [-0.2, -0.15) is 0 Å². The van der Waals surface area contributed by atoms with Gasteiger partial charge in [-0.3, -0.25) is 0 Å². The van der Waals surface area contributed by atoms with Crippen molar-refractivity contribution in [2.24, 2.45) is 0 Å². The van der Waals surface area contributed by atoms with Gasteiger partial charge in [0, 0.05) is 5.57 Å². The van der Waals surface area contributed by atoms with Crippen LogP contribution >= 0.6 is 0 Å². The number of rotatable bonds is 7. The van der Waals surface area contributed by atoms with E-state index in [0.29, 0.717) is 18.8 Å². The molecule has 0 aliphatic carbocycles. The molecule has 0 radical (unpaired) electrons. The summed E-state index contributed by atoms with van der Waals surface area (Å²) in [5.41, 5.74) is 1.72. The van der Waals surface area contributed by atoms with Crippen LogP contribution in [-0.2, 0) is 14.0 Å². The number of carbonyl (C=O) groups excluding carboxylic acids is 1. The molecular weight excluding hydrogens is 292 g/mol. The van der Waals surface area contributed by atoms with Crippen LogP contribution in [0.3, 0.4) is 0 Å². The molecule has 0 aliphatic heterocycles. The van der Waals surface area contributed by atoms with Gasteiger partial charge in [-0.15, -0.1) is 0 Å². The van der Waals surface area contributed by atoms with E-state index in [1.807, 2.05) is 19.1 Å². The Morgan fingerprint density at radius 2 is 1.77 bits per heavy atom. The summed E-state index contributed by atoms with van der Waals surface area (Å²) in [6, 6.07) is 0. The number of hydrogen-bond acceptors (Lipinski definition) is 3. The summed E-state index contributed by atoms with van der Waals surface area (Å²) in [5, 5.41) is 0.226. The largest absolute Gasteiger partial charge is 0.463 e. The fourth-order valence-electron chi connectivity index (χ4n) is 1.32. The lowest BCUT2D eigenvalue weighted by Gasteiger charge is -2.35. The molecule has 126 valence electrons. The van der Waals surface area contributed by atoms with Gasteiger partial charge in [0.05, 0.1) is 13.2 Å². The lowest BCUT2D eigenvalue weighted by molar-refractivity contribution is -0.138. The Morgan fingerprint density at radius 3 is 2.27 bits per heavy atom. The predicted octanol–water partition coefficient (Wildman–Crippen LogP) is 5.02. The van der Waals surface area contributed by atoms with Crippen LogP contribution in [0.25, 0.3) is 0 Å². The molecule has 0 aliphatic rings. The van der Waals surface area contributed by atoms with Gasteiger partial charge in [-0.05, 0) is 38.9 Å². The summed E-state index contributed by atoms with van der Waals surface area (Å²) in [6.07, 6.45) is 7.68. The minimum absolute atomic E-state index is 0.226. The van der Waals surface area contributed by atoms with E-state index in [0.717, 1.165) is 5.57 Å². The van der Waals surface area contributed by atoms with Crippen molar-refractivity contribution in [2.45, 2.75) is 59.7 Å². The van der Waals surface area contributed by atoms with E-state index < -0.39 is 8.32 Å². The lowest BCUT2D eigenvalue weighted by atomic mass is 10.2. The minimum Gasteiger partial charge on any atom is -0.463 e. The minimum atomic E-state index is -1.69. The van der Waals surface area contributed by atoms with Gasteiger partial charge in [0.25, 0.3) is 0 Å². The first-order valence-corrected chi connectivity index (χ1v) is 10.7. The van der Waals surface area contributed by atoms with E-state index >= 15 is 0 Å². The van der Waals surface area contributed by atoms with E-state index in [1.54, 1.807) is 19.9 Å². The maximum Gasteiger partial charge on any atom is 0.333 e.